The van der Waals surface area contributed by atoms with E-state index in [4.69, 9.17) is 15.7 Å². The molecule has 0 aromatic carbocycles. The molecular formula is C13H16N8O3S. The Labute approximate surface area is 147 Å². The van der Waals surface area contributed by atoms with E-state index in [1.807, 2.05) is 6.07 Å². The third-order valence-electron chi connectivity index (χ3n) is 2.99. The van der Waals surface area contributed by atoms with E-state index < -0.39 is 11.9 Å². The van der Waals surface area contributed by atoms with Crippen molar-refractivity contribution < 1.29 is 14.3 Å². The predicted octanol–water partition coefficient (Wildman–Crippen LogP) is -0.241. The van der Waals surface area contributed by atoms with Crippen molar-refractivity contribution in [3.8, 4) is 6.07 Å². The van der Waals surface area contributed by atoms with Gasteiger partial charge in [-0.3, -0.25) is 18.8 Å². The maximum absolute atomic E-state index is 12.2. The van der Waals surface area contributed by atoms with Crippen LogP contribution in [-0.2, 0) is 27.9 Å². The number of rotatable bonds is 7. The fraction of sp³-hybridized carbons (Fsp3) is 0.385. The number of esters is 1. The van der Waals surface area contributed by atoms with E-state index in [1.54, 1.807) is 14.0 Å². The molecule has 0 aliphatic carbocycles. The molecule has 2 heterocycles. The number of aromatic nitrogens is 5. The number of nitriles is 1. The van der Waals surface area contributed by atoms with Gasteiger partial charge < -0.3 is 15.8 Å². The van der Waals surface area contributed by atoms with Gasteiger partial charge >= 0.3 is 5.97 Å². The highest BCUT2D eigenvalue weighted by atomic mass is 32.2. The van der Waals surface area contributed by atoms with Crippen LogP contribution in [0.15, 0.2) is 11.4 Å². The molecule has 3 N–H and O–H groups in total. The van der Waals surface area contributed by atoms with Gasteiger partial charge in [0.1, 0.15) is 24.0 Å². The Bertz CT molecular complexity index is 822. The lowest BCUT2D eigenvalue weighted by molar-refractivity contribution is -0.139. The van der Waals surface area contributed by atoms with E-state index in [1.165, 1.54) is 15.4 Å². The van der Waals surface area contributed by atoms with E-state index in [-0.39, 0.29) is 36.2 Å². The molecule has 12 heteroatoms. The summed E-state index contributed by atoms with van der Waals surface area (Å²) >= 11 is 1.06. The van der Waals surface area contributed by atoms with E-state index in [0.29, 0.717) is 5.16 Å². The fourth-order valence-electron chi connectivity index (χ4n) is 1.86. The van der Waals surface area contributed by atoms with Crippen LogP contribution in [0.3, 0.4) is 0 Å². The number of nitrogen functional groups attached to an aromatic ring is 1. The van der Waals surface area contributed by atoms with Crippen molar-refractivity contribution in [3.63, 3.8) is 0 Å². The Kier molecular flexibility index (Phi) is 5.96. The standard InChI is InChI=1S/C13H16N8O3S/c1-3-24-10(23)7-25-13-19-18-12(15)21(13)6-9(22)17-11-8(4-14)5-16-20(11)2/h5H,3,6-7H2,1-2H3,(H2,15,18)(H,17,22). The van der Waals surface area contributed by atoms with Gasteiger partial charge in [-0.2, -0.15) is 10.4 Å². The van der Waals surface area contributed by atoms with Gasteiger partial charge in [-0.25, -0.2) is 0 Å². The molecule has 0 radical (unpaired) electrons. The quantitative estimate of drug-likeness (QED) is 0.500. The van der Waals surface area contributed by atoms with Gasteiger partial charge in [0.2, 0.25) is 11.9 Å². The molecule has 0 saturated heterocycles. The van der Waals surface area contributed by atoms with Crippen LogP contribution in [0.2, 0.25) is 0 Å². The van der Waals surface area contributed by atoms with Gasteiger partial charge in [-0.15, -0.1) is 10.2 Å². The Hall–Kier alpha value is -3.07. The number of nitrogens with zero attached hydrogens (tertiary/aromatic N) is 6. The lowest BCUT2D eigenvalue weighted by Crippen LogP contribution is -2.22. The molecule has 132 valence electrons. The Morgan fingerprint density at radius 2 is 2.24 bits per heavy atom. The van der Waals surface area contributed by atoms with Crippen molar-refractivity contribution in [2.45, 2.75) is 18.6 Å². The van der Waals surface area contributed by atoms with Gasteiger partial charge in [-0.05, 0) is 6.92 Å². The minimum absolute atomic E-state index is 0.0217. The topological polar surface area (TPSA) is 154 Å². The first kappa shape index (κ1) is 18.3. The van der Waals surface area contributed by atoms with Crippen molar-refractivity contribution in [1.29, 1.82) is 5.26 Å². The summed E-state index contributed by atoms with van der Waals surface area (Å²) in [6, 6.07) is 1.94. The molecule has 1 amide bonds. The lowest BCUT2D eigenvalue weighted by Gasteiger charge is -2.09. The molecule has 0 atom stereocenters. The van der Waals surface area contributed by atoms with Crippen LogP contribution in [0.4, 0.5) is 11.8 Å². The molecular weight excluding hydrogens is 348 g/mol. The van der Waals surface area contributed by atoms with Crippen molar-refractivity contribution in [2.24, 2.45) is 7.05 Å². The number of anilines is 2. The second-order valence-corrected chi connectivity index (χ2v) is 5.65. The van der Waals surface area contributed by atoms with Crippen molar-refractivity contribution in [3.05, 3.63) is 11.8 Å². The molecule has 0 unspecified atom stereocenters. The second kappa shape index (κ2) is 8.15. The molecule has 11 nitrogen and oxygen atoms in total. The highest BCUT2D eigenvalue weighted by Gasteiger charge is 2.17. The number of nitrogens with two attached hydrogens (primary N) is 1. The van der Waals surface area contributed by atoms with E-state index in [2.05, 4.69) is 20.6 Å². The largest absolute Gasteiger partial charge is 0.465 e. The molecule has 25 heavy (non-hydrogen) atoms. The molecule has 0 saturated carbocycles. The normalized spacial score (nSPS) is 10.3. The number of nitrogens with one attached hydrogen (secondary N) is 1. The molecule has 2 aromatic heterocycles. The molecule has 0 fully saturated rings. The minimum Gasteiger partial charge on any atom is -0.465 e. The van der Waals surface area contributed by atoms with Crippen LogP contribution in [0.25, 0.3) is 0 Å². The SMILES string of the molecule is CCOC(=O)CSc1nnc(N)n1CC(=O)Nc1c(C#N)cnn1C. The van der Waals surface area contributed by atoms with Gasteiger partial charge in [0.05, 0.1) is 18.6 Å². The highest BCUT2D eigenvalue weighted by molar-refractivity contribution is 7.99. The van der Waals surface area contributed by atoms with Crippen LogP contribution in [0.5, 0.6) is 0 Å². The summed E-state index contributed by atoms with van der Waals surface area (Å²) in [6.45, 7) is 1.81. The summed E-state index contributed by atoms with van der Waals surface area (Å²) in [7, 11) is 1.60. The number of carbonyl (C=O) groups excluding carboxylic acids is 2. The Morgan fingerprint density at radius 3 is 2.92 bits per heavy atom. The Balaban J connectivity index is 2.06. The van der Waals surface area contributed by atoms with Gasteiger partial charge in [0.15, 0.2) is 5.16 Å². The lowest BCUT2D eigenvalue weighted by atomic mass is 10.3. The fourth-order valence-corrected chi connectivity index (χ4v) is 2.61. The van der Waals surface area contributed by atoms with Crippen molar-refractivity contribution >= 4 is 35.4 Å². The molecule has 2 rings (SSSR count). The number of ether oxygens (including phenoxy) is 1. The zero-order valence-electron chi connectivity index (χ0n) is 13.6. The maximum Gasteiger partial charge on any atom is 0.316 e. The zero-order valence-corrected chi connectivity index (χ0v) is 14.4. The summed E-state index contributed by atoms with van der Waals surface area (Å²) in [4.78, 5) is 23.7. The number of amides is 1. The number of hydrogen-bond acceptors (Lipinski definition) is 9. The summed E-state index contributed by atoms with van der Waals surface area (Å²) in [6.07, 6.45) is 1.35. The highest BCUT2D eigenvalue weighted by Crippen LogP contribution is 2.19. The summed E-state index contributed by atoms with van der Waals surface area (Å²) in [5.74, 6) is -0.511. The van der Waals surface area contributed by atoms with Crippen molar-refractivity contribution in [2.75, 3.05) is 23.4 Å². The third kappa shape index (κ3) is 4.48. The summed E-state index contributed by atoms with van der Waals surface area (Å²) in [5, 5.41) is 23.4. The van der Waals surface area contributed by atoms with Gasteiger partial charge in [-0.1, -0.05) is 11.8 Å². The minimum atomic E-state index is -0.440. The molecule has 0 spiro atoms. The number of hydrogen-bond donors (Lipinski definition) is 2. The van der Waals surface area contributed by atoms with E-state index in [9.17, 15) is 9.59 Å². The smallest absolute Gasteiger partial charge is 0.316 e. The van der Waals surface area contributed by atoms with Crippen LogP contribution in [0.1, 0.15) is 12.5 Å². The second-order valence-electron chi connectivity index (χ2n) is 4.71. The first-order valence-corrected chi connectivity index (χ1v) is 8.13. The predicted molar refractivity (Wildman–Crippen MR) is 88.3 cm³/mol. The molecule has 0 aliphatic heterocycles. The van der Waals surface area contributed by atoms with Crippen LogP contribution in [0, 0.1) is 11.3 Å². The number of aryl methyl sites for hydroxylation is 1. The third-order valence-corrected chi connectivity index (χ3v) is 3.93. The monoisotopic (exact) mass is 364 g/mol. The molecule has 0 bridgehead atoms. The van der Waals surface area contributed by atoms with Gasteiger partial charge in [0.25, 0.3) is 0 Å². The number of carbonyl (C=O) groups is 2. The Morgan fingerprint density at radius 1 is 1.48 bits per heavy atom. The summed E-state index contributed by atoms with van der Waals surface area (Å²) < 4.78 is 7.57. The molecule has 0 aliphatic rings. The maximum atomic E-state index is 12.2. The number of thioether (sulfide) groups is 1. The summed E-state index contributed by atoms with van der Waals surface area (Å²) in [5.41, 5.74) is 5.96. The average Bonchev–Trinajstić information content (AvgIpc) is 3.10. The zero-order chi connectivity index (χ0) is 18.4. The van der Waals surface area contributed by atoms with E-state index >= 15 is 0 Å². The van der Waals surface area contributed by atoms with Crippen molar-refractivity contribution in [1.82, 2.24) is 24.5 Å². The first-order valence-electron chi connectivity index (χ1n) is 7.15. The van der Waals surface area contributed by atoms with E-state index in [0.717, 1.165) is 11.8 Å². The van der Waals surface area contributed by atoms with Crippen LogP contribution < -0.4 is 11.1 Å². The van der Waals surface area contributed by atoms with Gasteiger partial charge in [0, 0.05) is 7.05 Å². The molecule has 2 aromatic rings. The van der Waals surface area contributed by atoms with Crippen LogP contribution >= 0.6 is 11.8 Å². The first-order chi connectivity index (χ1) is 12.0. The average molecular weight is 364 g/mol. The van der Waals surface area contributed by atoms with Crippen LogP contribution in [-0.4, -0.2) is 48.8 Å².